The van der Waals surface area contributed by atoms with Crippen molar-refractivity contribution in [3.63, 3.8) is 0 Å². The summed E-state index contributed by atoms with van der Waals surface area (Å²) in [6.07, 6.45) is 0. The van der Waals surface area contributed by atoms with Gasteiger partial charge in [-0.25, -0.2) is 10.4 Å². The van der Waals surface area contributed by atoms with E-state index in [9.17, 15) is 20.4 Å². The molecule has 0 aliphatic carbocycles. The van der Waals surface area contributed by atoms with Gasteiger partial charge in [0.05, 0.1) is 5.56 Å². The SMILES string of the molecule is O=C1C(c2ccc([NH+]([O-])O)cc2)=[N+](O)c2ccc([NH+]([O-])O)cc21. The van der Waals surface area contributed by atoms with Gasteiger partial charge in [-0.2, -0.15) is 10.5 Å². The minimum absolute atomic E-state index is 0.0509. The van der Waals surface area contributed by atoms with Gasteiger partial charge in [-0.05, 0) is 12.1 Å². The molecule has 0 saturated carbocycles. The van der Waals surface area contributed by atoms with Gasteiger partial charge in [0.2, 0.25) is 0 Å². The lowest BCUT2D eigenvalue weighted by molar-refractivity contribution is -0.991. The van der Waals surface area contributed by atoms with Crippen molar-refractivity contribution in [2.75, 3.05) is 0 Å². The van der Waals surface area contributed by atoms with Crippen LogP contribution in [-0.4, -0.2) is 31.9 Å². The Balaban J connectivity index is 2.04. The molecule has 2 aromatic rings. The van der Waals surface area contributed by atoms with Crippen LogP contribution in [0.5, 0.6) is 0 Å². The first kappa shape index (κ1) is 15.2. The second kappa shape index (κ2) is 5.52. The summed E-state index contributed by atoms with van der Waals surface area (Å²) in [5.41, 5.74) is 0.514. The van der Waals surface area contributed by atoms with E-state index in [1.807, 2.05) is 0 Å². The molecule has 5 N–H and O–H groups in total. The molecule has 2 atom stereocenters. The molecule has 1 aliphatic heterocycles. The summed E-state index contributed by atoms with van der Waals surface area (Å²) in [6.45, 7) is 0. The molecular formula is C14H12N3O6+. The molecule has 0 aromatic heterocycles. The standard InChI is InChI=1S/C14H12N3O6/c18-14-11-7-10(17(22)23)5-6-12(11)15(19)13(14)8-1-3-9(4-2-8)16(20)21/h1-7,16-17,19-20,22H/q+1. The monoisotopic (exact) mass is 318 g/mol. The summed E-state index contributed by atoms with van der Waals surface area (Å²) in [5, 5.41) is 47.6. The fraction of sp³-hybridized carbons (Fsp3) is 0. The molecule has 1 heterocycles. The van der Waals surface area contributed by atoms with Crippen LogP contribution in [0.3, 0.4) is 0 Å². The number of hydrogen-bond donors (Lipinski definition) is 5. The maximum Gasteiger partial charge on any atom is 0.313 e. The van der Waals surface area contributed by atoms with E-state index in [-0.39, 0.29) is 28.3 Å². The van der Waals surface area contributed by atoms with Crippen molar-refractivity contribution in [2.24, 2.45) is 0 Å². The van der Waals surface area contributed by atoms with Crippen molar-refractivity contribution in [3.05, 3.63) is 64.0 Å². The Bertz CT molecular complexity index is 814. The topological polar surface area (TPSA) is 136 Å². The molecule has 1 aliphatic rings. The van der Waals surface area contributed by atoms with Gasteiger partial charge in [0, 0.05) is 35.1 Å². The number of carbonyl (C=O) groups is 1. The van der Waals surface area contributed by atoms with E-state index in [0.29, 0.717) is 10.3 Å². The number of carbonyl (C=O) groups excluding carboxylic acids is 1. The van der Waals surface area contributed by atoms with Crippen LogP contribution in [-0.2, 0) is 0 Å². The van der Waals surface area contributed by atoms with Crippen LogP contribution in [0.1, 0.15) is 15.9 Å². The first-order valence-electron chi connectivity index (χ1n) is 6.52. The number of benzene rings is 2. The van der Waals surface area contributed by atoms with E-state index < -0.39 is 16.2 Å². The molecule has 0 radical (unpaired) electrons. The third-order valence-electron chi connectivity index (χ3n) is 3.55. The lowest BCUT2D eigenvalue weighted by atomic mass is 10.0. The molecule has 23 heavy (non-hydrogen) atoms. The molecule has 0 bridgehead atoms. The van der Waals surface area contributed by atoms with E-state index in [4.69, 9.17) is 10.4 Å². The number of Topliss-reactive ketones (excluding diaryl/α,β-unsaturated/α-hetero) is 1. The number of quaternary nitrogens is 2. The minimum atomic E-state index is -1.18. The molecule has 9 nitrogen and oxygen atoms in total. The number of nitrogens with zero attached hydrogens (tertiary/aromatic N) is 1. The quantitative estimate of drug-likeness (QED) is 0.286. The summed E-state index contributed by atoms with van der Waals surface area (Å²) in [4.78, 5) is 12.5. The van der Waals surface area contributed by atoms with Crippen LogP contribution >= 0.6 is 0 Å². The first-order chi connectivity index (χ1) is 10.9. The van der Waals surface area contributed by atoms with Gasteiger partial charge in [-0.1, -0.05) is 0 Å². The molecule has 2 aromatic carbocycles. The van der Waals surface area contributed by atoms with E-state index in [0.717, 1.165) is 0 Å². The number of hydrogen-bond acceptors (Lipinski definition) is 6. The minimum Gasteiger partial charge on any atom is -0.595 e. The van der Waals surface area contributed by atoms with Gasteiger partial charge in [-0.3, -0.25) is 10.0 Å². The van der Waals surface area contributed by atoms with Crippen molar-refractivity contribution in [1.29, 1.82) is 0 Å². The number of rotatable bonds is 3. The zero-order valence-corrected chi connectivity index (χ0v) is 11.6. The second-order valence-electron chi connectivity index (χ2n) is 4.91. The Morgan fingerprint density at radius 1 is 0.913 bits per heavy atom. The van der Waals surface area contributed by atoms with Gasteiger partial charge in [0.15, 0.2) is 11.4 Å². The highest BCUT2D eigenvalue weighted by Crippen LogP contribution is 2.29. The van der Waals surface area contributed by atoms with Crippen molar-refractivity contribution in [2.45, 2.75) is 0 Å². The smallest absolute Gasteiger partial charge is 0.313 e. The van der Waals surface area contributed by atoms with Crippen molar-refractivity contribution in [1.82, 2.24) is 0 Å². The molecule has 3 rings (SSSR count). The molecular weight excluding hydrogens is 306 g/mol. The summed E-state index contributed by atoms with van der Waals surface area (Å²) < 4.78 is 0.680. The normalized spacial score (nSPS) is 16.4. The molecule has 9 heteroatoms. The fourth-order valence-electron chi connectivity index (χ4n) is 2.40. The summed E-state index contributed by atoms with van der Waals surface area (Å²) in [6, 6.07) is 9.27. The third-order valence-corrected chi connectivity index (χ3v) is 3.55. The maximum absolute atomic E-state index is 12.5. The van der Waals surface area contributed by atoms with Crippen molar-refractivity contribution in [3.8, 4) is 0 Å². The molecule has 0 amide bonds. The summed E-state index contributed by atoms with van der Waals surface area (Å²) >= 11 is 0. The van der Waals surface area contributed by atoms with Gasteiger partial charge in [0.1, 0.15) is 5.56 Å². The van der Waals surface area contributed by atoms with Crippen LogP contribution in [0.4, 0.5) is 17.1 Å². The van der Waals surface area contributed by atoms with Crippen LogP contribution in [0.25, 0.3) is 0 Å². The van der Waals surface area contributed by atoms with Crippen LogP contribution in [0.2, 0.25) is 0 Å². The Labute approximate surface area is 129 Å². The third kappa shape index (κ3) is 2.49. The number of ketones is 1. The first-order valence-corrected chi connectivity index (χ1v) is 6.52. The average molecular weight is 318 g/mol. The number of nitrogens with one attached hydrogen (secondary N) is 2. The van der Waals surface area contributed by atoms with Crippen LogP contribution in [0, 0.1) is 10.4 Å². The average Bonchev–Trinajstić information content (AvgIpc) is 2.78. The predicted molar refractivity (Wildman–Crippen MR) is 74.6 cm³/mol. The van der Waals surface area contributed by atoms with Gasteiger partial charge in [-0.15, -0.1) is 0 Å². The summed E-state index contributed by atoms with van der Waals surface area (Å²) in [7, 11) is 0. The second-order valence-corrected chi connectivity index (χ2v) is 4.91. The van der Waals surface area contributed by atoms with Crippen LogP contribution in [0.15, 0.2) is 42.5 Å². The van der Waals surface area contributed by atoms with Gasteiger partial charge in [0.25, 0.3) is 11.5 Å². The predicted octanol–water partition coefficient (Wildman–Crippen LogP) is -0.788. The molecule has 0 fully saturated rings. The van der Waals surface area contributed by atoms with Gasteiger partial charge < -0.3 is 10.4 Å². The van der Waals surface area contributed by atoms with E-state index in [2.05, 4.69) is 0 Å². The summed E-state index contributed by atoms with van der Waals surface area (Å²) in [5.74, 6) is -0.534. The zero-order valence-electron chi connectivity index (χ0n) is 11.6. The highest BCUT2D eigenvalue weighted by Gasteiger charge is 2.41. The molecule has 0 spiro atoms. The molecule has 0 saturated heterocycles. The molecule has 118 valence electrons. The lowest BCUT2D eigenvalue weighted by Crippen LogP contribution is -2.99. The Morgan fingerprint density at radius 3 is 2.04 bits per heavy atom. The Morgan fingerprint density at radius 2 is 1.48 bits per heavy atom. The lowest BCUT2D eigenvalue weighted by Gasteiger charge is -2.10. The zero-order chi connectivity index (χ0) is 16.7. The van der Waals surface area contributed by atoms with E-state index in [1.165, 1.54) is 42.5 Å². The van der Waals surface area contributed by atoms with E-state index in [1.54, 1.807) is 0 Å². The maximum atomic E-state index is 12.5. The van der Waals surface area contributed by atoms with Crippen LogP contribution < -0.4 is 10.5 Å². The van der Waals surface area contributed by atoms with Crippen molar-refractivity contribution >= 4 is 28.6 Å². The number of fused-ring (bicyclic) bond motifs is 1. The highest BCUT2D eigenvalue weighted by atomic mass is 16.8. The van der Waals surface area contributed by atoms with Gasteiger partial charge >= 0.3 is 5.71 Å². The largest absolute Gasteiger partial charge is 0.595 e. The molecule has 2 unspecified atom stereocenters. The fourth-order valence-corrected chi connectivity index (χ4v) is 2.40. The highest BCUT2D eigenvalue weighted by molar-refractivity contribution is 6.52. The van der Waals surface area contributed by atoms with E-state index >= 15 is 0 Å². The Kier molecular flexibility index (Phi) is 3.66. The Hall–Kier alpha value is -2.66. The van der Waals surface area contributed by atoms with Crippen molar-refractivity contribution < 1.29 is 35.6 Å².